The van der Waals surface area contributed by atoms with E-state index in [1.165, 1.54) is 5.56 Å². The van der Waals surface area contributed by atoms with Crippen LogP contribution in [0.25, 0.3) is 0 Å². The lowest BCUT2D eigenvalue weighted by atomic mass is 10.1. The maximum Gasteiger partial charge on any atom is 0.214 e. The molecule has 1 N–H and O–H groups in total. The number of hydrogen-bond acceptors (Lipinski definition) is 3. The van der Waals surface area contributed by atoms with Gasteiger partial charge in [0.05, 0.1) is 24.5 Å². The van der Waals surface area contributed by atoms with Crippen molar-refractivity contribution in [1.82, 2.24) is 4.72 Å². The molecule has 1 aliphatic carbocycles. The van der Waals surface area contributed by atoms with Gasteiger partial charge in [0.25, 0.3) is 0 Å². The van der Waals surface area contributed by atoms with Crippen LogP contribution < -0.4 is 4.72 Å². The zero-order valence-electron chi connectivity index (χ0n) is 11.7. The summed E-state index contributed by atoms with van der Waals surface area (Å²) in [5, 5.41) is 0. The second-order valence-electron chi connectivity index (χ2n) is 5.25. The number of rotatable bonds is 6. The Labute approximate surface area is 129 Å². The highest BCUT2D eigenvalue weighted by atomic mass is 79.9. The summed E-state index contributed by atoms with van der Waals surface area (Å²) in [6, 6.07) is 7.74. The fourth-order valence-electron chi connectivity index (χ4n) is 2.33. The number of ether oxygens (including phenoxy) is 1. The van der Waals surface area contributed by atoms with Gasteiger partial charge >= 0.3 is 0 Å². The van der Waals surface area contributed by atoms with Crippen molar-refractivity contribution in [2.75, 3.05) is 12.4 Å². The van der Waals surface area contributed by atoms with Crippen LogP contribution in [0.3, 0.4) is 0 Å². The van der Waals surface area contributed by atoms with Crippen molar-refractivity contribution in [3.05, 3.63) is 35.4 Å². The molecule has 0 saturated heterocycles. The van der Waals surface area contributed by atoms with Crippen LogP contribution in [-0.2, 0) is 21.2 Å². The van der Waals surface area contributed by atoms with Crippen LogP contribution in [0.2, 0.25) is 0 Å². The second kappa shape index (κ2) is 6.56. The van der Waals surface area contributed by atoms with Crippen LogP contribution in [0.1, 0.15) is 31.0 Å². The minimum absolute atomic E-state index is 0.0104. The first-order chi connectivity index (χ1) is 9.39. The predicted molar refractivity (Wildman–Crippen MR) is 83.6 cm³/mol. The molecule has 1 aromatic rings. The first kappa shape index (κ1) is 15.9. The van der Waals surface area contributed by atoms with E-state index in [2.05, 4.69) is 20.7 Å². The zero-order valence-corrected chi connectivity index (χ0v) is 14.1. The van der Waals surface area contributed by atoms with Crippen molar-refractivity contribution >= 4 is 26.0 Å². The van der Waals surface area contributed by atoms with E-state index < -0.39 is 10.0 Å². The number of nitrogens with one attached hydrogen (secondary N) is 1. The first-order valence-electron chi connectivity index (χ1n) is 6.72. The van der Waals surface area contributed by atoms with Gasteiger partial charge in [0.15, 0.2) is 0 Å². The highest BCUT2D eigenvalue weighted by Gasteiger charge is 2.33. The van der Waals surface area contributed by atoms with Crippen molar-refractivity contribution in [3.8, 4) is 0 Å². The maximum atomic E-state index is 12.1. The molecule has 1 aromatic carbocycles. The Bertz CT molecular complexity index is 559. The van der Waals surface area contributed by atoms with Gasteiger partial charge in [-0.2, -0.15) is 0 Å². The van der Waals surface area contributed by atoms with E-state index in [1.54, 1.807) is 0 Å². The Morgan fingerprint density at radius 3 is 2.80 bits per heavy atom. The van der Waals surface area contributed by atoms with Crippen LogP contribution in [0.15, 0.2) is 24.3 Å². The Morgan fingerprint density at radius 1 is 1.40 bits per heavy atom. The molecule has 6 heteroatoms. The van der Waals surface area contributed by atoms with Gasteiger partial charge in [-0.25, -0.2) is 13.1 Å². The van der Waals surface area contributed by atoms with Gasteiger partial charge in [0.1, 0.15) is 0 Å². The SMILES string of the molecule is CC(C)OCCS(=O)(=O)NC1c2ccccc2CC1Br. The lowest BCUT2D eigenvalue weighted by Gasteiger charge is -2.18. The summed E-state index contributed by atoms with van der Waals surface area (Å²) in [4.78, 5) is 0.0979. The van der Waals surface area contributed by atoms with Crippen molar-refractivity contribution in [2.45, 2.75) is 37.2 Å². The molecule has 2 atom stereocenters. The van der Waals surface area contributed by atoms with Gasteiger partial charge < -0.3 is 4.74 Å². The van der Waals surface area contributed by atoms with Crippen LogP contribution in [0, 0.1) is 0 Å². The Balaban J connectivity index is 2.02. The summed E-state index contributed by atoms with van der Waals surface area (Å²) >= 11 is 3.57. The standard InChI is InChI=1S/C14H20BrNO3S/c1-10(2)19-7-8-20(17,18)16-14-12-6-4-3-5-11(12)9-13(14)15/h3-6,10,13-14,16H,7-9H2,1-2H3. The Morgan fingerprint density at radius 2 is 2.10 bits per heavy atom. The molecule has 112 valence electrons. The number of halogens is 1. The quantitative estimate of drug-likeness (QED) is 0.791. The maximum absolute atomic E-state index is 12.1. The van der Waals surface area contributed by atoms with Gasteiger partial charge in [-0.3, -0.25) is 0 Å². The molecule has 0 radical (unpaired) electrons. The fraction of sp³-hybridized carbons (Fsp3) is 0.571. The number of alkyl halides is 1. The lowest BCUT2D eigenvalue weighted by Crippen LogP contribution is -2.34. The van der Waals surface area contributed by atoms with E-state index in [0.717, 1.165) is 12.0 Å². The number of benzene rings is 1. The molecular formula is C14H20BrNO3S. The molecule has 0 saturated carbocycles. The first-order valence-corrected chi connectivity index (χ1v) is 9.29. The van der Waals surface area contributed by atoms with Crippen LogP contribution in [0.5, 0.6) is 0 Å². The van der Waals surface area contributed by atoms with Crippen LogP contribution >= 0.6 is 15.9 Å². The molecule has 0 amide bonds. The van der Waals surface area contributed by atoms with E-state index in [1.807, 2.05) is 38.1 Å². The van der Waals surface area contributed by atoms with Crippen molar-refractivity contribution in [1.29, 1.82) is 0 Å². The van der Waals surface area contributed by atoms with Gasteiger partial charge in [-0.15, -0.1) is 0 Å². The lowest BCUT2D eigenvalue weighted by molar-refractivity contribution is 0.0911. The summed E-state index contributed by atoms with van der Waals surface area (Å²) < 4.78 is 32.3. The van der Waals surface area contributed by atoms with Gasteiger partial charge in [0, 0.05) is 4.83 Å². The largest absolute Gasteiger partial charge is 0.378 e. The summed E-state index contributed by atoms with van der Waals surface area (Å²) in [5.41, 5.74) is 2.25. The molecule has 0 aromatic heterocycles. The molecule has 0 heterocycles. The summed E-state index contributed by atoms with van der Waals surface area (Å²) in [6.07, 6.45) is 0.882. The minimum Gasteiger partial charge on any atom is -0.378 e. The number of sulfonamides is 1. The molecule has 2 unspecified atom stereocenters. The van der Waals surface area contributed by atoms with E-state index in [4.69, 9.17) is 4.74 Å². The highest BCUT2D eigenvalue weighted by Crippen LogP contribution is 2.36. The third kappa shape index (κ3) is 4.04. The van der Waals surface area contributed by atoms with Gasteiger partial charge in [-0.1, -0.05) is 40.2 Å². The summed E-state index contributed by atoms with van der Waals surface area (Å²) in [5.74, 6) is -0.0104. The normalized spacial score (nSPS) is 22.2. The third-order valence-corrected chi connectivity index (χ3v) is 5.45. The fourth-order valence-corrected chi connectivity index (χ4v) is 4.38. The van der Waals surface area contributed by atoms with E-state index in [9.17, 15) is 8.42 Å². The van der Waals surface area contributed by atoms with Gasteiger partial charge in [-0.05, 0) is 31.4 Å². The molecule has 0 spiro atoms. The molecule has 0 fully saturated rings. The smallest absolute Gasteiger partial charge is 0.214 e. The summed E-state index contributed by atoms with van der Waals surface area (Å²) in [6.45, 7) is 4.00. The zero-order chi connectivity index (χ0) is 14.8. The molecule has 1 aliphatic rings. The highest BCUT2D eigenvalue weighted by molar-refractivity contribution is 9.09. The Kier molecular flexibility index (Phi) is 5.23. The Hall–Kier alpha value is -0.430. The topological polar surface area (TPSA) is 55.4 Å². The molecule has 20 heavy (non-hydrogen) atoms. The third-order valence-electron chi connectivity index (χ3n) is 3.28. The van der Waals surface area contributed by atoms with E-state index in [0.29, 0.717) is 0 Å². The monoisotopic (exact) mass is 361 g/mol. The number of hydrogen-bond donors (Lipinski definition) is 1. The van der Waals surface area contributed by atoms with Crippen molar-refractivity contribution in [2.24, 2.45) is 0 Å². The van der Waals surface area contributed by atoms with Crippen LogP contribution in [0.4, 0.5) is 0 Å². The minimum atomic E-state index is -3.34. The number of fused-ring (bicyclic) bond motifs is 1. The molecule has 0 aliphatic heterocycles. The average Bonchev–Trinajstić information content (AvgIpc) is 2.65. The molecule has 0 bridgehead atoms. The van der Waals surface area contributed by atoms with E-state index in [-0.39, 0.29) is 29.3 Å². The van der Waals surface area contributed by atoms with Gasteiger partial charge in [0.2, 0.25) is 10.0 Å². The predicted octanol–water partition coefficient (Wildman–Crippen LogP) is 2.39. The van der Waals surface area contributed by atoms with Crippen molar-refractivity contribution in [3.63, 3.8) is 0 Å². The van der Waals surface area contributed by atoms with Crippen LogP contribution in [-0.4, -0.2) is 31.7 Å². The molecule has 4 nitrogen and oxygen atoms in total. The van der Waals surface area contributed by atoms with Crippen molar-refractivity contribution < 1.29 is 13.2 Å². The molecule has 2 rings (SSSR count). The second-order valence-corrected chi connectivity index (χ2v) is 8.30. The van der Waals surface area contributed by atoms with E-state index >= 15 is 0 Å². The summed E-state index contributed by atoms with van der Waals surface area (Å²) in [7, 11) is -3.34. The molecular weight excluding hydrogens is 342 g/mol. The average molecular weight is 362 g/mol.